The predicted octanol–water partition coefficient (Wildman–Crippen LogP) is 8.54. The quantitative estimate of drug-likeness (QED) is 0.326. The Morgan fingerprint density at radius 3 is 2.32 bits per heavy atom. The molecular weight excluding hydrogens is 378 g/mol. The number of fused-ring (bicyclic) bond motifs is 2. The van der Waals surface area contributed by atoms with Gasteiger partial charge in [0.15, 0.2) is 5.78 Å². The molecule has 2 nitrogen and oxygen atoms in total. The lowest BCUT2D eigenvalue weighted by molar-refractivity contribution is 0.0940. The molecule has 1 aliphatic rings. The summed E-state index contributed by atoms with van der Waals surface area (Å²) < 4.78 is 0. The molecule has 0 saturated heterocycles. The van der Waals surface area contributed by atoms with Crippen LogP contribution in [0.1, 0.15) is 94.3 Å². The standard InChI is InChI=1S/C25H29NO.2C2H6/c1-4-9-18(6-3)25(27)21-16-15-20-14-13-19-11-7-8-12-22(19)23(10-5-2)26-24(20)17-21;2*1-2/h6-8,11-12,15-18H,3-5,9-10,13-14H2,1-2H3;2*1-2H3. The minimum atomic E-state index is -0.110. The molecule has 0 amide bonds. The van der Waals surface area contributed by atoms with E-state index in [2.05, 4.69) is 50.8 Å². The van der Waals surface area contributed by atoms with Gasteiger partial charge in [-0.3, -0.25) is 9.79 Å². The third-order valence-electron chi connectivity index (χ3n) is 5.32. The van der Waals surface area contributed by atoms with Crippen molar-refractivity contribution >= 4 is 17.2 Å². The Labute approximate surface area is 190 Å². The number of aryl methyl sites for hydroxylation is 2. The molecule has 1 unspecified atom stereocenters. The molecule has 2 heteroatoms. The van der Waals surface area contributed by atoms with Gasteiger partial charge in [0.2, 0.25) is 0 Å². The van der Waals surface area contributed by atoms with Crippen LogP contribution in [0.15, 0.2) is 60.1 Å². The molecule has 2 aromatic carbocycles. The van der Waals surface area contributed by atoms with Crippen molar-refractivity contribution in [2.45, 2.75) is 80.1 Å². The first kappa shape index (κ1) is 26.6. The number of hydrogen-bond acceptors (Lipinski definition) is 2. The molecule has 0 N–H and O–H groups in total. The summed E-state index contributed by atoms with van der Waals surface area (Å²) in [5, 5.41) is 0. The SMILES string of the molecule is C=CC(CCC)C(=O)c1ccc2c(c1)N=C(CCC)c1ccccc1CC2.CC.CC. The molecule has 0 spiro atoms. The van der Waals surface area contributed by atoms with Gasteiger partial charge in [-0.25, -0.2) is 0 Å². The number of nitrogens with zero attached hydrogens (tertiary/aromatic N) is 1. The Kier molecular flexibility index (Phi) is 12.4. The second-order valence-electron chi connectivity index (χ2n) is 7.30. The summed E-state index contributed by atoms with van der Waals surface area (Å²) >= 11 is 0. The van der Waals surface area contributed by atoms with E-state index in [1.54, 1.807) is 6.08 Å². The lowest BCUT2D eigenvalue weighted by Gasteiger charge is -2.18. The van der Waals surface area contributed by atoms with Crippen molar-refractivity contribution in [1.29, 1.82) is 0 Å². The summed E-state index contributed by atoms with van der Waals surface area (Å²) in [5.74, 6) is 0.0470. The smallest absolute Gasteiger partial charge is 0.169 e. The van der Waals surface area contributed by atoms with Gasteiger partial charge in [0.05, 0.1) is 5.69 Å². The minimum Gasteiger partial charge on any atom is -0.294 e. The average Bonchev–Trinajstić information content (AvgIpc) is 2.82. The molecule has 1 heterocycles. The summed E-state index contributed by atoms with van der Waals surface area (Å²) in [6.45, 7) is 16.1. The Bertz CT molecular complexity index is 863. The van der Waals surface area contributed by atoms with Crippen LogP contribution in [-0.4, -0.2) is 11.5 Å². The Morgan fingerprint density at radius 2 is 1.68 bits per heavy atom. The molecular formula is C29H41NO. The normalized spacial score (nSPS) is 12.8. The first-order valence-electron chi connectivity index (χ1n) is 12.1. The largest absolute Gasteiger partial charge is 0.294 e. The second-order valence-corrected chi connectivity index (χ2v) is 7.30. The zero-order chi connectivity index (χ0) is 23.2. The van der Waals surface area contributed by atoms with Crippen molar-refractivity contribution in [2.24, 2.45) is 10.9 Å². The zero-order valence-corrected chi connectivity index (χ0v) is 20.5. The highest BCUT2D eigenvalue weighted by atomic mass is 16.1. The summed E-state index contributed by atoms with van der Waals surface area (Å²) in [4.78, 5) is 17.9. The van der Waals surface area contributed by atoms with Crippen LogP contribution in [0.5, 0.6) is 0 Å². The molecule has 0 bridgehead atoms. The van der Waals surface area contributed by atoms with Gasteiger partial charge in [0.25, 0.3) is 0 Å². The summed E-state index contributed by atoms with van der Waals surface area (Å²) in [6.07, 6.45) is 7.55. The molecule has 1 aliphatic heterocycles. The number of carbonyl (C=O) groups is 1. The highest BCUT2D eigenvalue weighted by Crippen LogP contribution is 2.30. The topological polar surface area (TPSA) is 29.4 Å². The monoisotopic (exact) mass is 419 g/mol. The fourth-order valence-corrected chi connectivity index (χ4v) is 3.84. The molecule has 1 atom stereocenters. The number of ketones is 1. The zero-order valence-electron chi connectivity index (χ0n) is 20.5. The van der Waals surface area contributed by atoms with E-state index in [4.69, 9.17) is 4.99 Å². The van der Waals surface area contributed by atoms with Crippen molar-refractivity contribution in [3.8, 4) is 0 Å². The van der Waals surface area contributed by atoms with Crippen LogP contribution in [0.3, 0.4) is 0 Å². The highest BCUT2D eigenvalue weighted by Gasteiger charge is 2.19. The maximum absolute atomic E-state index is 12.9. The Morgan fingerprint density at radius 1 is 1.00 bits per heavy atom. The van der Waals surface area contributed by atoms with Crippen molar-refractivity contribution in [3.63, 3.8) is 0 Å². The van der Waals surface area contributed by atoms with Gasteiger partial charge in [0, 0.05) is 17.2 Å². The van der Waals surface area contributed by atoms with E-state index in [0.29, 0.717) is 0 Å². The molecule has 0 aliphatic carbocycles. The van der Waals surface area contributed by atoms with Gasteiger partial charge >= 0.3 is 0 Å². The second kappa shape index (κ2) is 14.5. The van der Waals surface area contributed by atoms with Gasteiger partial charge < -0.3 is 0 Å². The van der Waals surface area contributed by atoms with E-state index < -0.39 is 0 Å². The van der Waals surface area contributed by atoms with Crippen LogP contribution < -0.4 is 0 Å². The van der Waals surface area contributed by atoms with Crippen molar-refractivity contribution in [2.75, 3.05) is 0 Å². The van der Waals surface area contributed by atoms with Gasteiger partial charge in [-0.1, -0.05) is 96.9 Å². The average molecular weight is 420 g/mol. The van der Waals surface area contributed by atoms with E-state index in [9.17, 15) is 4.79 Å². The van der Waals surface area contributed by atoms with E-state index in [1.807, 2.05) is 39.8 Å². The Balaban J connectivity index is 0.00000113. The van der Waals surface area contributed by atoms with Crippen LogP contribution >= 0.6 is 0 Å². The van der Waals surface area contributed by atoms with Gasteiger partial charge in [-0.05, 0) is 48.4 Å². The minimum absolute atomic E-state index is 0.110. The summed E-state index contributed by atoms with van der Waals surface area (Å²) in [5.41, 5.74) is 6.69. The van der Waals surface area contributed by atoms with E-state index in [-0.39, 0.29) is 11.7 Å². The van der Waals surface area contributed by atoms with Crippen LogP contribution in [0, 0.1) is 5.92 Å². The third kappa shape index (κ3) is 7.02. The fourth-order valence-electron chi connectivity index (χ4n) is 3.84. The van der Waals surface area contributed by atoms with E-state index in [1.165, 1.54) is 16.7 Å². The van der Waals surface area contributed by atoms with Crippen LogP contribution in [0.4, 0.5) is 5.69 Å². The molecule has 0 saturated carbocycles. The Hall–Kier alpha value is -2.48. The van der Waals surface area contributed by atoms with Crippen molar-refractivity contribution in [1.82, 2.24) is 0 Å². The van der Waals surface area contributed by atoms with Gasteiger partial charge in [-0.2, -0.15) is 0 Å². The van der Waals surface area contributed by atoms with Crippen molar-refractivity contribution in [3.05, 3.63) is 77.4 Å². The highest BCUT2D eigenvalue weighted by molar-refractivity contribution is 6.04. The molecule has 0 fully saturated rings. The molecule has 168 valence electrons. The lowest BCUT2D eigenvalue weighted by atomic mass is 9.90. The molecule has 0 aromatic heterocycles. The number of benzene rings is 2. The van der Waals surface area contributed by atoms with Crippen LogP contribution in [0.2, 0.25) is 0 Å². The van der Waals surface area contributed by atoms with Gasteiger partial charge in [-0.15, -0.1) is 6.58 Å². The number of rotatable bonds is 7. The van der Waals surface area contributed by atoms with Crippen LogP contribution in [0.25, 0.3) is 0 Å². The first-order valence-corrected chi connectivity index (χ1v) is 12.1. The van der Waals surface area contributed by atoms with Crippen LogP contribution in [-0.2, 0) is 12.8 Å². The van der Waals surface area contributed by atoms with E-state index in [0.717, 1.165) is 55.5 Å². The third-order valence-corrected chi connectivity index (χ3v) is 5.32. The molecule has 0 radical (unpaired) electrons. The summed E-state index contributed by atoms with van der Waals surface area (Å²) in [7, 11) is 0. The molecule has 2 aromatic rings. The maximum atomic E-state index is 12.9. The predicted molar refractivity (Wildman–Crippen MR) is 137 cm³/mol. The molecule has 3 rings (SSSR count). The molecule has 31 heavy (non-hydrogen) atoms. The number of allylic oxidation sites excluding steroid dienone is 1. The fraction of sp³-hybridized carbons (Fsp3) is 0.448. The van der Waals surface area contributed by atoms with Gasteiger partial charge in [0.1, 0.15) is 0 Å². The lowest BCUT2D eigenvalue weighted by Crippen LogP contribution is -2.13. The summed E-state index contributed by atoms with van der Waals surface area (Å²) in [6, 6.07) is 14.6. The van der Waals surface area contributed by atoms with E-state index >= 15 is 0 Å². The maximum Gasteiger partial charge on any atom is 0.169 e. The van der Waals surface area contributed by atoms with Crippen molar-refractivity contribution < 1.29 is 4.79 Å². The number of hydrogen-bond donors (Lipinski definition) is 0. The number of Topliss-reactive ketones (excluding diaryl/α,β-unsaturated/α-hetero) is 1. The first-order chi connectivity index (χ1) is 15.2. The number of aliphatic imine (C=N–C) groups is 1. The number of carbonyl (C=O) groups excluding carboxylic acids is 1.